The van der Waals surface area contributed by atoms with Crippen molar-refractivity contribution < 1.29 is 18.3 Å². The molecule has 0 aliphatic carbocycles. The third kappa shape index (κ3) is 2.50. The van der Waals surface area contributed by atoms with E-state index in [-0.39, 0.29) is 17.4 Å². The molecule has 1 saturated heterocycles. The van der Waals surface area contributed by atoms with E-state index in [9.17, 15) is 18.3 Å². The van der Waals surface area contributed by atoms with Gasteiger partial charge < -0.3 is 5.11 Å². The maximum atomic E-state index is 12.5. The highest BCUT2D eigenvalue weighted by Gasteiger charge is 2.43. The maximum absolute atomic E-state index is 12.5. The van der Waals surface area contributed by atoms with E-state index in [1.165, 1.54) is 12.1 Å². The van der Waals surface area contributed by atoms with Crippen molar-refractivity contribution >= 4 is 16.0 Å². The van der Waals surface area contributed by atoms with E-state index in [1.807, 2.05) is 6.92 Å². The SMILES string of the molecule is Cc1ccc(S(=O)(=O)N2CCC(C)C2C(=O)O)cc1. The summed E-state index contributed by atoms with van der Waals surface area (Å²) in [6.07, 6.45) is 0.571. The van der Waals surface area contributed by atoms with Gasteiger partial charge in [0.15, 0.2) is 0 Å². The van der Waals surface area contributed by atoms with Crippen LogP contribution in [0.25, 0.3) is 0 Å². The largest absolute Gasteiger partial charge is 0.480 e. The molecule has 0 aromatic heterocycles. The second kappa shape index (κ2) is 4.94. The van der Waals surface area contributed by atoms with Gasteiger partial charge in [-0.15, -0.1) is 0 Å². The number of nitrogens with zero attached hydrogens (tertiary/aromatic N) is 1. The van der Waals surface area contributed by atoms with Crippen molar-refractivity contribution in [2.24, 2.45) is 5.92 Å². The average Bonchev–Trinajstić information content (AvgIpc) is 2.72. The van der Waals surface area contributed by atoms with Crippen LogP contribution in [0.15, 0.2) is 29.2 Å². The van der Waals surface area contributed by atoms with Gasteiger partial charge in [0.25, 0.3) is 0 Å². The van der Waals surface area contributed by atoms with Crippen LogP contribution in [0, 0.1) is 12.8 Å². The number of aliphatic carboxylic acids is 1. The summed E-state index contributed by atoms with van der Waals surface area (Å²) >= 11 is 0. The number of benzene rings is 1. The molecule has 1 aliphatic rings. The zero-order valence-corrected chi connectivity index (χ0v) is 11.7. The van der Waals surface area contributed by atoms with Crippen molar-refractivity contribution in [2.45, 2.75) is 31.2 Å². The molecule has 1 N–H and O–H groups in total. The molecule has 0 bridgehead atoms. The normalized spacial score (nSPS) is 24.5. The van der Waals surface area contributed by atoms with Crippen LogP contribution in [0.5, 0.6) is 0 Å². The van der Waals surface area contributed by atoms with E-state index in [1.54, 1.807) is 19.1 Å². The van der Waals surface area contributed by atoms with Crippen LogP contribution in [0.4, 0.5) is 0 Å². The number of rotatable bonds is 3. The molecule has 2 atom stereocenters. The Morgan fingerprint density at radius 2 is 1.89 bits per heavy atom. The minimum Gasteiger partial charge on any atom is -0.480 e. The lowest BCUT2D eigenvalue weighted by atomic mass is 10.0. The van der Waals surface area contributed by atoms with Gasteiger partial charge in [-0.3, -0.25) is 4.79 Å². The molecule has 6 heteroatoms. The van der Waals surface area contributed by atoms with Crippen LogP contribution in [-0.4, -0.2) is 36.4 Å². The summed E-state index contributed by atoms with van der Waals surface area (Å²) in [6.45, 7) is 3.90. The van der Waals surface area contributed by atoms with Crippen LogP contribution in [0.2, 0.25) is 0 Å². The summed E-state index contributed by atoms with van der Waals surface area (Å²) in [5.41, 5.74) is 0.962. The molecule has 0 saturated carbocycles. The number of carboxylic acids is 1. The Balaban J connectivity index is 2.39. The molecule has 1 aromatic carbocycles. The second-order valence-corrected chi connectivity index (χ2v) is 6.87. The fourth-order valence-corrected chi connectivity index (χ4v) is 4.09. The summed E-state index contributed by atoms with van der Waals surface area (Å²) in [5.74, 6) is -1.25. The van der Waals surface area contributed by atoms with Crippen molar-refractivity contribution in [3.8, 4) is 0 Å². The molecule has 5 nitrogen and oxygen atoms in total. The van der Waals surface area contributed by atoms with Gasteiger partial charge in [-0.05, 0) is 31.4 Å². The van der Waals surface area contributed by atoms with Crippen LogP contribution in [-0.2, 0) is 14.8 Å². The van der Waals surface area contributed by atoms with Gasteiger partial charge >= 0.3 is 5.97 Å². The highest BCUT2D eigenvalue weighted by atomic mass is 32.2. The second-order valence-electron chi connectivity index (χ2n) is 4.98. The predicted octanol–water partition coefficient (Wildman–Crippen LogP) is 1.48. The molecule has 1 aromatic rings. The van der Waals surface area contributed by atoms with Crippen LogP contribution in [0.1, 0.15) is 18.9 Å². The average molecular weight is 283 g/mol. The van der Waals surface area contributed by atoms with E-state index < -0.39 is 22.0 Å². The predicted molar refractivity (Wildman–Crippen MR) is 70.3 cm³/mol. The Hall–Kier alpha value is -1.40. The smallest absolute Gasteiger partial charge is 0.322 e. The molecule has 0 radical (unpaired) electrons. The minimum absolute atomic E-state index is 0.151. The van der Waals surface area contributed by atoms with Gasteiger partial charge in [0, 0.05) is 6.54 Å². The third-order valence-electron chi connectivity index (χ3n) is 3.53. The van der Waals surface area contributed by atoms with E-state index in [0.29, 0.717) is 6.42 Å². The quantitative estimate of drug-likeness (QED) is 0.911. The lowest BCUT2D eigenvalue weighted by Crippen LogP contribution is -2.42. The Morgan fingerprint density at radius 3 is 2.42 bits per heavy atom. The number of aryl methyl sites for hydroxylation is 1. The Morgan fingerprint density at radius 1 is 1.32 bits per heavy atom. The van der Waals surface area contributed by atoms with Crippen LogP contribution in [0.3, 0.4) is 0 Å². The van der Waals surface area contributed by atoms with Crippen LogP contribution >= 0.6 is 0 Å². The topological polar surface area (TPSA) is 74.7 Å². The van der Waals surface area contributed by atoms with Crippen molar-refractivity contribution in [1.29, 1.82) is 0 Å². The van der Waals surface area contributed by atoms with Gasteiger partial charge in [0.1, 0.15) is 6.04 Å². The van der Waals surface area contributed by atoms with E-state index in [4.69, 9.17) is 0 Å². The molecule has 1 heterocycles. The molecule has 1 aliphatic heterocycles. The highest BCUT2D eigenvalue weighted by molar-refractivity contribution is 7.89. The zero-order valence-electron chi connectivity index (χ0n) is 10.9. The number of carbonyl (C=O) groups is 1. The zero-order chi connectivity index (χ0) is 14.2. The highest BCUT2D eigenvalue weighted by Crippen LogP contribution is 2.30. The molecule has 1 fully saturated rings. The monoisotopic (exact) mass is 283 g/mol. The molecule has 2 rings (SSSR count). The maximum Gasteiger partial charge on any atom is 0.322 e. The Bertz CT molecular complexity index is 579. The first-order valence-electron chi connectivity index (χ1n) is 6.15. The van der Waals surface area contributed by atoms with Gasteiger partial charge in [-0.2, -0.15) is 4.31 Å². The lowest BCUT2D eigenvalue weighted by Gasteiger charge is -2.22. The molecule has 0 amide bonds. The molecule has 0 spiro atoms. The fourth-order valence-electron chi connectivity index (χ4n) is 2.39. The number of sulfonamides is 1. The number of hydrogen-bond donors (Lipinski definition) is 1. The number of carboxylic acid groups (broad SMARTS) is 1. The lowest BCUT2D eigenvalue weighted by molar-refractivity contribution is -0.141. The van der Waals surface area contributed by atoms with E-state index in [0.717, 1.165) is 9.87 Å². The van der Waals surface area contributed by atoms with Crippen molar-refractivity contribution in [3.05, 3.63) is 29.8 Å². The third-order valence-corrected chi connectivity index (χ3v) is 5.43. The van der Waals surface area contributed by atoms with Gasteiger partial charge in [-0.25, -0.2) is 8.42 Å². The first-order chi connectivity index (χ1) is 8.84. The standard InChI is InChI=1S/C13H17NO4S/c1-9-3-5-11(6-4-9)19(17,18)14-8-7-10(2)12(14)13(15)16/h3-6,10,12H,7-8H2,1-2H3,(H,15,16). The minimum atomic E-state index is -3.73. The van der Waals surface area contributed by atoms with Crippen molar-refractivity contribution in [3.63, 3.8) is 0 Å². The molecular formula is C13H17NO4S. The first kappa shape index (κ1) is 14.0. The first-order valence-corrected chi connectivity index (χ1v) is 7.59. The summed E-state index contributed by atoms with van der Waals surface area (Å²) in [7, 11) is -3.73. The molecule has 19 heavy (non-hydrogen) atoms. The van der Waals surface area contributed by atoms with Crippen LogP contribution < -0.4 is 0 Å². The molecule has 104 valence electrons. The van der Waals surface area contributed by atoms with Gasteiger partial charge in [0.2, 0.25) is 10.0 Å². The van der Waals surface area contributed by atoms with Gasteiger partial charge in [0.05, 0.1) is 4.90 Å². The summed E-state index contributed by atoms with van der Waals surface area (Å²) in [4.78, 5) is 11.4. The van der Waals surface area contributed by atoms with Crippen molar-refractivity contribution in [2.75, 3.05) is 6.54 Å². The van der Waals surface area contributed by atoms with Gasteiger partial charge in [-0.1, -0.05) is 24.6 Å². The molecular weight excluding hydrogens is 266 g/mol. The summed E-state index contributed by atoms with van der Waals surface area (Å²) in [5, 5.41) is 9.20. The fraction of sp³-hybridized carbons (Fsp3) is 0.462. The Labute approximate surface area is 112 Å². The van der Waals surface area contributed by atoms with Crippen molar-refractivity contribution in [1.82, 2.24) is 4.31 Å². The number of hydrogen-bond acceptors (Lipinski definition) is 3. The summed E-state index contributed by atoms with van der Waals surface area (Å²) in [6, 6.07) is 5.50. The Kier molecular flexibility index (Phi) is 3.64. The molecule has 2 unspecified atom stereocenters. The summed E-state index contributed by atoms with van der Waals surface area (Å²) < 4.78 is 26.0. The van der Waals surface area contributed by atoms with E-state index in [2.05, 4.69) is 0 Å². The van der Waals surface area contributed by atoms with E-state index >= 15 is 0 Å².